The van der Waals surface area contributed by atoms with E-state index in [0.29, 0.717) is 5.92 Å². The van der Waals surface area contributed by atoms with Crippen LogP contribution in [0.15, 0.2) is 34.1 Å². The molecule has 1 heterocycles. The van der Waals surface area contributed by atoms with Gasteiger partial charge in [-0.05, 0) is 58.6 Å². The van der Waals surface area contributed by atoms with Gasteiger partial charge in [-0.3, -0.25) is 0 Å². The van der Waals surface area contributed by atoms with Gasteiger partial charge < -0.3 is 5.32 Å². The summed E-state index contributed by atoms with van der Waals surface area (Å²) in [5, 5.41) is 3.41. The van der Waals surface area contributed by atoms with Crippen LogP contribution in [-0.2, 0) is 0 Å². The molecule has 0 aliphatic carbocycles. The van der Waals surface area contributed by atoms with Gasteiger partial charge in [-0.25, -0.2) is 0 Å². The molecule has 2 aromatic rings. The van der Waals surface area contributed by atoms with Gasteiger partial charge in [0.1, 0.15) is 0 Å². The van der Waals surface area contributed by atoms with E-state index in [2.05, 4.69) is 72.3 Å². The van der Waals surface area contributed by atoms with Crippen molar-refractivity contribution in [2.45, 2.75) is 32.7 Å². The highest BCUT2D eigenvalue weighted by Crippen LogP contribution is 2.34. The van der Waals surface area contributed by atoms with Gasteiger partial charge in [-0.2, -0.15) is 0 Å². The highest BCUT2D eigenvalue weighted by molar-refractivity contribution is 9.11. The quantitative estimate of drug-likeness (QED) is 0.803. The molecule has 0 amide bonds. The molecule has 0 aliphatic rings. The second kappa shape index (κ2) is 6.21. The molecule has 0 radical (unpaired) electrons. The van der Waals surface area contributed by atoms with Crippen LogP contribution in [0.1, 0.15) is 47.4 Å². The summed E-state index contributed by atoms with van der Waals surface area (Å²) in [4.78, 5) is 1.35. The molecule has 3 heteroatoms. The number of rotatable bonds is 4. The molecule has 1 atom stereocenters. The molecule has 1 aromatic carbocycles. The van der Waals surface area contributed by atoms with E-state index in [0.717, 1.165) is 0 Å². The average molecular weight is 338 g/mol. The van der Waals surface area contributed by atoms with Crippen LogP contribution in [0, 0.1) is 6.92 Å². The monoisotopic (exact) mass is 337 g/mol. The predicted octanol–water partition coefficient (Wildman–Crippen LogP) is 5.25. The number of benzene rings is 1. The number of hydrogen-bond acceptors (Lipinski definition) is 2. The first-order valence-corrected chi connectivity index (χ1v) is 8.16. The van der Waals surface area contributed by atoms with Gasteiger partial charge in [0.05, 0.1) is 9.83 Å². The Labute approximate surface area is 128 Å². The lowest BCUT2D eigenvalue weighted by molar-refractivity contribution is 0.702. The summed E-state index contributed by atoms with van der Waals surface area (Å²) >= 11 is 5.41. The maximum atomic E-state index is 3.61. The summed E-state index contributed by atoms with van der Waals surface area (Å²) in [6.45, 7) is 6.59. The van der Waals surface area contributed by atoms with Gasteiger partial charge in [-0.15, -0.1) is 11.3 Å². The van der Waals surface area contributed by atoms with Crippen molar-refractivity contribution in [3.05, 3.63) is 55.7 Å². The molecule has 0 fully saturated rings. The summed E-state index contributed by atoms with van der Waals surface area (Å²) in [6.07, 6.45) is 0. The number of nitrogens with one attached hydrogen (secondary N) is 1. The fraction of sp³-hybridized carbons (Fsp3) is 0.375. The largest absolute Gasteiger partial charge is 0.309 e. The third kappa shape index (κ3) is 3.28. The van der Waals surface area contributed by atoms with Crippen LogP contribution in [0.25, 0.3) is 0 Å². The molecular weight excluding hydrogens is 318 g/mol. The Balaban J connectivity index is 2.31. The van der Waals surface area contributed by atoms with E-state index in [1.54, 1.807) is 11.3 Å². The van der Waals surface area contributed by atoms with E-state index in [1.165, 1.54) is 25.4 Å². The summed E-state index contributed by atoms with van der Waals surface area (Å²) < 4.78 is 1.22. The number of halogens is 1. The molecule has 1 unspecified atom stereocenters. The minimum atomic E-state index is 0.274. The maximum absolute atomic E-state index is 3.61. The van der Waals surface area contributed by atoms with E-state index in [9.17, 15) is 0 Å². The molecule has 0 aliphatic heterocycles. The highest BCUT2D eigenvalue weighted by Gasteiger charge is 2.15. The maximum Gasteiger partial charge on any atom is 0.0731 e. The second-order valence-electron chi connectivity index (χ2n) is 5.15. The number of hydrogen-bond donors (Lipinski definition) is 1. The first-order chi connectivity index (χ1) is 9.02. The van der Waals surface area contributed by atoms with Gasteiger partial charge in [0.2, 0.25) is 0 Å². The molecule has 19 heavy (non-hydrogen) atoms. The van der Waals surface area contributed by atoms with Crippen LogP contribution >= 0.6 is 27.3 Å². The highest BCUT2D eigenvalue weighted by atomic mass is 79.9. The van der Waals surface area contributed by atoms with Crippen LogP contribution in [-0.4, -0.2) is 7.05 Å². The third-order valence-electron chi connectivity index (χ3n) is 3.39. The van der Waals surface area contributed by atoms with Crippen LogP contribution in [0.4, 0.5) is 0 Å². The Morgan fingerprint density at radius 2 is 1.68 bits per heavy atom. The molecule has 1 nitrogen and oxygen atoms in total. The van der Waals surface area contributed by atoms with Crippen molar-refractivity contribution < 1.29 is 0 Å². The molecule has 2 rings (SSSR count). The molecule has 1 aromatic heterocycles. The summed E-state index contributed by atoms with van der Waals surface area (Å²) in [5.74, 6) is 0.584. The van der Waals surface area contributed by atoms with Crippen molar-refractivity contribution in [3.8, 4) is 0 Å². The second-order valence-corrected chi connectivity index (χ2v) is 7.55. The van der Waals surface area contributed by atoms with Crippen molar-refractivity contribution in [2.24, 2.45) is 0 Å². The molecule has 0 saturated heterocycles. The van der Waals surface area contributed by atoms with E-state index >= 15 is 0 Å². The minimum absolute atomic E-state index is 0.274. The number of thiophene rings is 1. The molecule has 0 saturated carbocycles. The molecule has 1 N–H and O–H groups in total. The van der Waals surface area contributed by atoms with Crippen molar-refractivity contribution >= 4 is 27.3 Å². The lowest BCUT2D eigenvalue weighted by atomic mass is 9.98. The lowest BCUT2D eigenvalue weighted by Gasteiger charge is -2.16. The van der Waals surface area contributed by atoms with Crippen LogP contribution in [0.3, 0.4) is 0 Å². The lowest BCUT2D eigenvalue weighted by Crippen LogP contribution is -2.16. The molecule has 102 valence electrons. The minimum Gasteiger partial charge on any atom is -0.309 e. The standard InChI is InChI=1S/C16H20BrNS/c1-10(2)12-5-7-13(8-6-12)15(18-4)14-9-11(3)16(17)19-14/h5-10,15,18H,1-4H3. The Morgan fingerprint density at radius 1 is 1.11 bits per heavy atom. The van der Waals surface area contributed by atoms with Gasteiger partial charge in [0.15, 0.2) is 0 Å². The van der Waals surface area contributed by atoms with E-state index in [1.807, 2.05) is 7.05 Å². The van der Waals surface area contributed by atoms with Crippen molar-refractivity contribution in [1.82, 2.24) is 5.32 Å². The van der Waals surface area contributed by atoms with Gasteiger partial charge in [-0.1, -0.05) is 38.1 Å². The normalized spacial score (nSPS) is 12.9. The first-order valence-electron chi connectivity index (χ1n) is 6.56. The Kier molecular flexibility index (Phi) is 4.82. The summed E-state index contributed by atoms with van der Waals surface area (Å²) in [7, 11) is 2.02. The fourth-order valence-corrected chi connectivity index (χ4v) is 3.88. The average Bonchev–Trinajstić information content (AvgIpc) is 2.71. The topological polar surface area (TPSA) is 12.0 Å². The number of aryl methyl sites for hydroxylation is 1. The van der Waals surface area contributed by atoms with E-state index < -0.39 is 0 Å². The van der Waals surface area contributed by atoms with Crippen molar-refractivity contribution in [1.29, 1.82) is 0 Å². The zero-order valence-corrected chi connectivity index (χ0v) is 14.2. The summed E-state index contributed by atoms with van der Waals surface area (Å²) in [6, 6.07) is 11.5. The van der Waals surface area contributed by atoms with Crippen molar-refractivity contribution in [2.75, 3.05) is 7.05 Å². The fourth-order valence-electron chi connectivity index (χ4n) is 2.17. The first kappa shape index (κ1) is 14.8. The molecule has 0 bridgehead atoms. The zero-order valence-electron chi connectivity index (χ0n) is 11.8. The van der Waals surface area contributed by atoms with Crippen LogP contribution < -0.4 is 5.32 Å². The van der Waals surface area contributed by atoms with Gasteiger partial charge >= 0.3 is 0 Å². The van der Waals surface area contributed by atoms with Gasteiger partial charge in [0.25, 0.3) is 0 Å². The van der Waals surface area contributed by atoms with E-state index in [-0.39, 0.29) is 6.04 Å². The van der Waals surface area contributed by atoms with Crippen LogP contribution in [0.5, 0.6) is 0 Å². The Bertz CT molecular complexity index is 523. The van der Waals surface area contributed by atoms with Crippen LogP contribution in [0.2, 0.25) is 0 Å². The summed E-state index contributed by atoms with van der Waals surface area (Å²) in [5.41, 5.74) is 4.02. The smallest absolute Gasteiger partial charge is 0.0731 e. The zero-order chi connectivity index (χ0) is 14.0. The molecule has 0 spiro atoms. The Hall–Kier alpha value is -0.640. The molecular formula is C16H20BrNS. The van der Waals surface area contributed by atoms with E-state index in [4.69, 9.17) is 0 Å². The van der Waals surface area contributed by atoms with Crippen molar-refractivity contribution in [3.63, 3.8) is 0 Å². The Morgan fingerprint density at radius 3 is 2.11 bits per heavy atom. The predicted molar refractivity (Wildman–Crippen MR) is 88.2 cm³/mol. The van der Waals surface area contributed by atoms with Gasteiger partial charge in [0, 0.05) is 4.88 Å². The SMILES string of the molecule is CNC(c1ccc(C(C)C)cc1)c1cc(C)c(Br)s1. The third-order valence-corrected chi connectivity index (χ3v) is 5.59.